The van der Waals surface area contributed by atoms with Crippen molar-refractivity contribution in [3.05, 3.63) is 58.1 Å². The van der Waals surface area contributed by atoms with Crippen LogP contribution in [0.15, 0.2) is 40.9 Å². The molecule has 0 radical (unpaired) electrons. The van der Waals surface area contributed by atoms with Crippen molar-refractivity contribution in [1.29, 1.82) is 0 Å². The standard InChI is InChI=1S/C17H14BrF2NO5/c18-10-1-3-11(4-2-10)24-7-8-25-14(22)9-26-13-6-5-12(19)15(16(13)20)17(21)23/h1-6H,7-9H2,(H2,21,23). The van der Waals surface area contributed by atoms with E-state index in [0.29, 0.717) is 5.75 Å². The van der Waals surface area contributed by atoms with Crippen molar-refractivity contribution >= 4 is 27.8 Å². The van der Waals surface area contributed by atoms with Crippen molar-refractivity contribution in [1.82, 2.24) is 0 Å². The lowest BCUT2D eigenvalue weighted by Gasteiger charge is -2.10. The molecule has 2 aromatic carbocycles. The first-order valence-electron chi connectivity index (χ1n) is 7.33. The minimum atomic E-state index is -1.28. The summed E-state index contributed by atoms with van der Waals surface area (Å²) in [5.41, 5.74) is 3.96. The van der Waals surface area contributed by atoms with E-state index in [4.69, 9.17) is 19.9 Å². The number of amides is 1. The lowest BCUT2D eigenvalue weighted by atomic mass is 10.2. The Morgan fingerprint density at radius 2 is 1.69 bits per heavy atom. The topological polar surface area (TPSA) is 87.9 Å². The fourth-order valence-corrected chi connectivity index (χ4v) is 2.16. The van der Waals surface area contributed by atoms with Crippen molar-refractivity contribution < 1.29 is 32.6 Å². The van der Waals surface area contributed by atoms with Crippen molar-refractivity contribution in [2.24, 2.45) is 5.73 Å². The summed E-state index contributed by atoms with van der Waals surface area (Å²) in [5, 5.41) is 0. The highest BCUT2D eigenvalue weighted by Gasteiger charge is 2.19. The van der Waals surface area contributed by atoms with Crippen LogP contribution in [0.2, 0.25) is 0 Å². The fraction of sp³-hybridized carbons (Fsp3) is 0.176. The molecule has 1 amide bonds. The third-order valence-electron chi connectivity index (χ3n) is 3.08. The molecule has 0 spiro atoms. The van der Waals surface area contributed by atoms with Gasteiger partial charge in [0, 0.05) is 4.47 Å². The first-order chi connectivity index (χ1) is 12.4. The third kappa shape index (κ3) is 5.41. The highest BCUT2D eigenvalue weighted by Crippen LogP contribution is 2.23. The first-order valence-corrected chi connectivity index (χ1v) is 8.12. The summed E-state index contributed by atoms with van der Waals surface area (Å²) >= 11 is 3.29. The normalized spacial score (nSPS) is 10.3. The van der Waals surface area contributed by atoms with Gasteiger partial charge in [-0.15, -0.1) is 0 Å². The number of carbonyl (C=O) groups excluding carboxylic acids is 2. The van der Waals surface area contributed by atoms with Crippen LogP contribution in [-0.4, -0.2) is 31.7 Å². The Morgan fingerprint density at radius 3 is 2.35 bits per heavy atom. The molecule has 0 bridgehead atoms. The second-order valence-corrected chi connectivity index (χ2v) is 5.83. The number of hydrogen-bond donors (Lipinski definition) is 1. The van der Waals surface area contributed by atoms with Crippen molar-refractivity contribution in [2.45, 2.75) is 0 Å². The quantitative estimate of drug-likeness (QED) is 0.514. The van der Waals surface area contributed by atoms with Gasteiger partial charge in [0.25, 0.3) is 5.91 Å². The molecule has 0 aliphatic carbocycles. The van der Waals surface area contributed by atoms with Gasteiger partial charge in [0.05, 0.1) is 0 Å². The number of primary amides is 1. The number of ether oxygens (including phenoxy) is 3. The molecule has 2 rings (SSSR count). The molecule has 9 heteroatoms. The number of carbonyl (C=O) groups is 2. The van der Waals surface area contributed by atoms with Crippen molar-refractivity contribution in [2.75, 3.05) is 19.8 Å². The molecule has 0 saturated carbocycles. The SMILES string of the molecule is NC(=O)c1c(F)ccc(OCC(=O)OCCOc2ccc(Br)cc2)c1F. The van der Waals surface area contributed by atoms with E-state index in [1.807, 2.05) is 0 Å². The third-order valence-corrected chi connectivity index (χ3v) is 3.61. The fourth-order valence-electron chi connectivity index (χ4n) is 1.89. The highest BCUT2D eigenvalue weighted by molar-refractivity contribution is 9.10. The van der Waals surface area contributed by atoms with Gasteiger partial charge in [-0.05, 0) is 36.4 Å². The molecule has 0 aromatic heterocycles. The largest absolute Gasteiger partial charge is 0.490 e. The van der Waals surface area contributed by atoms with E-state index in [9.17, 15) is 18.4 Å². The van der Waals surface area contributed by atoms with Gasteiger partial charge in [-0.25, -0.2) is 13.6 Å². The molecule has 0 fully saturated rings. The molecule has 138 valence electrons. The smallest absolute Gasteiger partial charge is 0.344 e. The number of halogens is 3. The summed E-state index contributed by atoms with van der Waals surface area (Å²) in [6, 6.07) is 8.84. The Labute approximate surface area is 156 Å². The van der Waals surface area contributed by atoms with Crippen LogP contribution in [0.25, 0.3) is 0 Å². The minimum absolute atomic E-state index is 0.0449. The van der Waals surface area contributed by atoms with Gasteiger partial charge in [-0.2, -0.15) is 0 Å². The van der Waals surface area contributed by atoms with Crippen LogP contribution in [-0.2, 0) is 9.53 Å². The number of rotatable bonds is 8. The second-order valence-electron chi connectivity index (χ2n) is 4.91. The van der Waals surface area contributed by atoms with E-state index in [2.05, 4.69) is 15.9 Å². The van der Waals surface area contributed by atoms with E-state index in [1.165, 1.54) is 0 Å². The Morgan fingerprint density at radius 1 is 1.00 bits per heavy atom. The lowest BCUT2D eigenvalue weighted by molar-refractivity contribution is -0.146. The maximum Gasteiger partial charge on any atom is 0.344 e. The van der Waals surface area contributed by atoms with Gasteiger partial charge < -0.3 is 19.9 Å². The summed E-state index contributed by atoms with van der Waals surface area (Å²) in [5.74, 6) is -4.33. The first kappa shape index (κ1) is 19.6. The average molecular weight is 430 g/mol. The maximum absolute atomic E-state index is 13.9. The molecular weight excluding hydrogens is 416 g/mol. The van der Waals surface area contributed by atoms with Crippen LogP contribution in [0.5, 0.6) is 11.5 Å². The lowest BCUT2D eigenvalue weighted by Crippen LogP contribution is -2.20. The molecule has 0 heterocycles. The molecule has 0 atom stereocenters. The zero-order valence-corrected chi connectivity index (χ0v) is 14.9. The minimum Gasteiger partial charge on any atom is -0.490 e. The number of hydrogen-bond acceptors (Lipinski definition) is 5. The van der Waals surface area contributed by atoms with E-state index < -0.39 is 41.4 Å². The molecule has 6 nitrogen and oxygen atoms in total. The summed E-state index contributed by atoms with van der Waals surface area (Å²) in [6.07, 6.45) is 0. The number of nitrogens with two attached hydrogens (primary N) is 1. The Bertz CT molecular complexity index is 798. The van der Waals surface area contributed by atoms with Crippen LogP contribution in [0, 0.1) is 11.6 Å². The molecule has 2 aromatic rings. The van der Waals surface area contributed by atoms with Gasteiger partial charge in [0.15, 0.2) is 18.2 Å². The highest BCUT2D eigenvalue weighted by atomic mass is 79.9. The van der Waals surface area contributed by atoms with E-state index in [-0.39, 0.29) is 13.2 Å². The zero-order valence-electron chi connectivity index (χ0n) is 13.3. The second kappa shape index (κ2) is 9.14. The van der Waals surface area contributed by atoms with Crippen molar-refractivity contribution in [3.8, 4) is 11.5 Å². The predicted octanol–water partition coefficient (Wildman–Crippen LogP) is 2.83. The molecule has 2 N–H and O–H groups in total. The predicted molar refractivity (Wildman–Crippen MR) is 91.0 cm³/mol. The van der Waals surface area contributed by atoms with Gasteiger partial charge in [-0.3, -0.25) is 4.79 Å². The summed E-state index contributed by atoms with van der Waals surface area (Å²) in [4.78, 5) is 22.6. The number of esters is 1. The van der Waals surface area contributed by atoms with Gasteiger partial charge in [-0.1, -0.05) is 15.9 Å². The van der Waals surface area contributed by atoms with Crippen LogP contribution in [0.4, 0.5) is 8.78 Å². The van der Waals surface area contributed by atoms with Gasteiger partial charge in [0.1, 0.15) is 30.3 Å². The van der Waals surface area contributed by atoms with Crippen LogP contribution in [0.3, 0.4) is 0 Å². The van der Waals surface area contributed by atoms with Crippen LogP contribution < -0.4 is 15.2 Å². The summed E-state index contributed by atoms with van der Waals surface area (Å²) < 4.78 is 43.3. The molecule has 0 saturated heterocycles. The van der Waals surface area contributed by atoms with Crippen molar-refractivity contribution in [3.63, 3.8) is 0 Å². The summed E-state index contributed by atoms with van der Waals surface area (Å²) in [6.45, 7) is -0.556. The van der Waals surface area contributed by atoms with Gasteiger partial charge in [0.2, 0.25) is 0 Å². The van der Waals surface area contributed by atoms with E-state index >= 15 is 0 Å². The molecular formula is C17H14BrF2NO5. The Hall–Kier alpha value is -2.68. The molecule has 0 aliphatic heterocycles. The van der Waals surface area contributed by atoms with E-state index in [0.717, 1.165) is 16.6 Å². The Balaban J connectivity index is 1.77. The summed E-state index contributed by atoms with van der Waals surface area (Å²) in [7, 11) is 0. The number of benzene rings is 2. The van der Waals surface area contributed by atoms with Crippen LogP contribution in [0.1, 0.15) is 10.4 Å². The molecule has 26 heavy (non-hydrogen) atoms. The molecule has 0 aliphatic rings. The zero-order chi connectivity index (χ0) is 19.1. The molecule has 0 unspecified atom stereocenters. The Kier molecular flexibility index (Phi) is 6.90. The monoisotopic (exact) mass is 429 g/mol. The van der Waals surface area contributed by atoms with Gasteiger partial charge >= 0.3 is 5.97 Å². The average Bonchev–Trinajstić information content (AvgIpc) is 2.59. The van der Waals surface area contributed by atoms with E-state index in [1.54, 1.807) is 24.3 Å². The van der Waals surface area contributed by atoms with Crippen LogP contribution >= 0.6 is 15.9 Å². The maximum atomic E-state index is 13.9.